The Kier molecular flexibility index (Phi) is 5.71. The van der Waals surface area contributed by atoms with Crippen LogP contribution >= 0.6 is 11.6 Å². The first-order chi connectivity index (χ1) is 11.8. The van der Waals surface area contributed by atoms with Crippen molar-refractivity contribution in [3.8, 4) is 0 Å². The summed E-state index contributed by atoms with van der Waals surface area (Å²) in [6.07, 6.45) is -1.06. The Morgan fingerprint density at radius 2 is 1.84 bits per heavy atom. The SMILES string of the molecule is CNc1ccc([N+](=O)[O-])cc1C(=O)O[C@@H](C)C(=O)c1ccc(Cl)cc1. The number of hydrogen-bond donors (Lipinski definition) is 1. The number of Topliss-reactive ketones (excluding diaryl/α,β-unsaturated/α-hetero) is 1. The van der Waals surface area contributed by atoms with E-state index in [0.29, 0.717) is 16.3 Å². The molecule has 2 aromatic carbocycles. The third kappa shape index (κ3) is 4.33. The van der Waals surface area contributed by atoms with Crippen LogP contribution in [0.3, 0.4) is 0 Å². The van der Waals surface area contributed by atoms with E-state index in [0.717, 1.165) is 6.07 Å². The van der Waals surface area contributed by atoms with Crippen LogP contribution in [-0.2, 0) is 4.74 Å². The number of nitrogens with zero attached hydrogens (tertiary/aromatic N) is 1. The predicted molar refractivity (Wildman–Crippen MR) is 93.3 cm³/mol. The lowest BCUT2D eigenvalue weighted by Crippen LogP contribution is -2.25. The predicted octanol–water partition coefficient (Wildman–Crippen LogP) is 3.72. The van der Waals surface area contributed by atoms with Crippen LogP contribution in [0.2, 0.25) is 5.02 Å². The fourth-order valence-electron chi connectivity index (χ4n) is 2.16. The second-order valence-corrected chi connectivity index (χ2v) is 5.59. The van der Waals surface area contributed by atoms with E-state index in [9.17, 15) is 19.7 Å². The second kappa shape index (κ2) is 7.76. The summed E-state index contributed by atoms with van der Waals surface area (Å²) in [5.74, 6) is -1.23. The van der Waals surface area contributed by atoms with Crippen LogP contribution in [0.1, 0.15) is 27.6 Å². The highest BCUT2D eigenvalue weighted by Gasteiger charge is 2.23. The zero-order valence-electron chi connectivity index (χ0n) is 13.5. The second-order valence-electron chi connectivity index (χ2n) is 5.16. The Balaban J connectivity index is 2.20. The van der Waals surface area contributed by atoms with Gasteiger partial charge in [-0.05, 0) is 37.3 Å². The number of carbonyl (C=O) groups is 2. The van der Waals surface area contributed by atoms with Gasteiger partial charge in [-0.1, -0.05) is 11.6 Å². The summed E-state index contributed by atoms with van der Waals surface area (Å²) in [5.41, 5.74) is 0.439. The van der Waals surface area contributed by atoms with Gasteiger partial charge in [-0.3, -0.25) is 14.9 Å². The van der Waals surface area contributed by atoms with Crippen LogP contribution in [-0.4, -0.2) is 29.8 Å². The highest BCUT2D eigenvalue weighted by atomic mass is 35.5. The summed E-state index contributed by atoms with van der Waals surface area (Å²) in [6.45, 7) is 1.44. The number of esters is 1. The van der Waals surface area contributed by atoms with E-state index in [1.807, 2.05) is 0 Å². The molecular formula is C17H15ClN2O5. The maximum Gasteiger partial charge on any atom is 0.341 e. The van der Waals surface area contributed by atoms with Crippen LogP contribution in [0.15, 0.2) is 42.5 Å². The molecule has 2 rings (SSSR count). The molecule has 0 aliphatic carbocycles. The Labute approximate surface area is 148 Å². The van der Waals surface area contributed by atoms with E-state index in [2.05, 4.69) is 5.32 Å². The number of ether oxygens (including phenoxy) is 1. The molecule has 0 aliphatic rings. The number of hydrogen-bond acceptors (Lipinski definition) is 6. The maximum absolute atomic E-state index is 12.3. The number of ketones is 1. The fourth-order valence-corrected chi connectivity index (χ4v) is 2.29. The van der Waals surface area contributed by atoms with Gasteiger partial charge in [-0.2, -0.15) is 0 Å². The Hall–Kier alpha value is -2.93. The number of halogens is 1. The maximum atomic E-state index is 12.3. The Morgan fingerprint density at radius 3 is 2.40 bits per heavy atom. The van der Waals surface area contributed by atoms with Crippen molar-refractivity contribution in [3.05, 3.63) is 68.7 Å². The van der Waals surface area contributed by atoms with Crippen molar-refractivity contribution in [1.29, 1.82) is 0 Å². The molecule has 1 N–H and O–H groups in total. The quantitative estimate of drug-likeness (QED) is 0.364. The molecule has 0 radical (unpaired) electrons. The summed E-state index contributed by atoms with van der Waals surface area (Å²) in [4.78, 5) is 34.9. The van der Waals surface area contributed by atoms with Crippen LogP contribution in [0, 0.1) is 10.1 Å². The van der Waals surface area contributed by atoms with Crippen molar-refractivity contribution in [2.75, 3.05) is 12.4 Å². The lowest BCUT2D eigenvalue weighted by atomic mass is 10.1. The van der Waals surface area contributed by atoms with Gasteiger partial charge in [0.05, 0.1) is 10.5 Å². The van der Waals surface area contributed by atoms with Crippen molar-refractivity contribution >= 4 is 34.7 Å². The Morgan fingerprint density at radius 1 is 1.20 bits per heavy atom. The molecule has 130 valence electrons. The van der Waals surface area contributed by atoms with E-state index >= 15 is 0 Å². The van der Waals surface area contributed by atoms with Crippen molar-refractivity contribution < 1.29 is 19.2 Å². The highest BCUT2D eigenvalue weighted by Crippen LogP contribution is 2.23. The van der Waals surface area contributed by atoms with Gasteiger partial charge < -0.3 is 10.1 Å². The highest BCUT2D eigenvalue weighted by molar-refractivity contribution is 6.30. The molecule has 2 aromatic rings. The Bertz CT molecular complexity index is 820. The molecule has 0 spiro atoms. The molecular weight excluding hydrogens is 348 g/mol. The zero-order chi connectivity index (χ0) is 18.6. The molecule has 8 heteroatoms. The minimum absolute atomic E-state index is 0.0209. The monoisotopic (exact) mass is 362 g/mol. The summed E-state index contributed by atoms with van der Waals surface area (Å²) in [7, 11) is 1.57. The van der Waals surface area contributed by atoms with Crippen molar-refractivity contribution in [2.45, 2.75) is 13.0 Å². The van der Waals surface area contributed by atoms with Crippen LogP contribution in [0.5, 0.6) is 0 Å². The summed E-state index contributed by atoms with van der Waals surface area (Å²) >= 11 is 5.78. The number of carbonyl (C=O) groups excluding carboxylic acids is 2. The van der Waals surface area contributed by atoms with Crippen molar-refractivity contribution in [2.24, 2.45) is 0 Å². The third-order valence-corrected chi connectivity index (χ3v) is 3.74. The van der Waals surface area contributed by atoms with E-state index in [-0.39, 0.29) is 11.3 Å². The summed E-state index contributed by atoms with van der Waals surface area (Å²) < 4.78 is 5.18. The van der Waals surface area contributed by atoms with Gasteiger partial charge in [0, 0.05) is 35.5 Å². The first-order valence-corrected chi connectivity index (χ1v) is 7.68. The number of benzene rings is 2. The van der Waals surface area contributed by atoms with Gasteiger partial charge in [0.15, 0.2) is 6.10 Å². The number of non-ortho nitro benzene ring substituents is 1. The minimum atomic E-state index is -1.06. The molecule has 0 heterocycles. The van der Waals surface area contributed by atoms with Gasteiger partial charge in [0.2, 0.25) is 5.78 Å². The molecule has 0 aromatic heterocycles. The van der Waals surface area contributed by atoms with Crippen LogP contribution < -0.4 is 5.32 Å². The minimum Gasteiger partial charge on any atom is -0.451 e. The molecule has 0 fully saturated rings. The average molecular weight is 363 g/mol. The average Bonchev–Trinajstić information content (AvgIpc) is 2.60. The lowest BCUT2D eigenvalue weighted by Gasteiger charge is -2.14. The van der Waals surface area contributed by atoms with Gasteiger partial charge in [0.1, 0.15) is 0 Å². The number of nitro groups is 1. The van der Waals surface area contributed by atoms with Gasteiger partial charge in [-0.25, -0.2) is 4.79 Å². The fraction of sp³-hybridized carbons (Fsp3) is 0.176. The smallest absolute Gasteiger partial charge is 0.341 e. The number of nitrogens with one attached hydrogen (secondary N) is 1. The normalized spacial score (nSPS) is 11.5. The van der Waals surface area contributed by atoms with Crippen molar-refractivity contribution in [3.63, 3.8) is 0 Å². The molecule has 0 unspecified atom stereocenters. The largest absolute Gasteiger partial charge is 0.451 e. The molecule has 1 atom stereocenters. The first kappa shape index (κ1) is 18.4. The topological polar surface area (TPSA) is 98.5 Å². The lowest BCUT2D eigenvalue weighted by molar-refractivity contribution is -0.384. The van der Waals surface area contributed by atoms with Gasteiger partial charge >= 0.3 is 5.97 Å². The number of rotatable bonds is 6. The molecule has 0 saturated heterocycles. The van der Waals surface area contributed by atoms with E-state index in [1.165, 1.54) is 31.2 Å². The number of anilines is 1. The van der Waals surface area contributed by atoms with Crippen LogP contribution in [0.25, 0.3) is 0 Å². The van der Waals surface area contributed by atoms with Crippen LogP contribution in [0.4, 0.5) is 11.4 Å². The van der Waals surface area contributed by atoms with Crippen molar-refractivity contribution in [1.82, 2.24) is 0 Å². The standard InChI is InChI=1S/C17H15ClN2O5/c1-10(16(21)11-3-5-12(18)6-4-11)25-17(22)14-9-13(20(23)24)7-8-15(14)19-2/h3-10,19H,1-2H3/t10-/m0/s1. The molecule has 0 saturated carbocycles. The molecule has 7 nitrogen and oxygen atoms in total. The summed E-state index contributed by atoms with van der Waals surface area (Å²) in [6, 6.07) is 9.95. The van der Waals surface area contributed by atoms with Gasteiger partial charge in [-0.15, -0.1) is 0 Å². The van der Waals surface area contributed by atoms with E-state index < -0.39 is 22.8 Å². The first-order valence-electron chi connectivity index (χ1n) is 7.30. The zero-order valence-corrected chi connectivity index (χ0v) is 14.2. The van der Waals surface area contributed by atoms with E-state index in [1.54, 1.807) is 19.2 Å². The molecule has 0 amide bonds. The van der Waals surface area contributed by atoms with Gasteiger partial charge in [0.25, 0.3) is 5.69 Å². The molecule has 0 aliphatic heterocycles. The third-order valence-electron chi connectivity index (χ3n) is 3.49. The molecule has 0 bridgehead atoms. The number of nitro benzene ring substituents is 1. The van der Waals surface area contributed by atoms with E-state index in [4.69, 9.17) is 16.3 Å². The molecule has 25 heavy (non-hydrogen) atoms. The summed E-state index contributed by atoms with van der Waals surface area (Å²) in [5, 5.41) is 14.1.